The van der Waals surface area contributed by atoms with Crippen molar-refractivity contribution in [2.75, 3.05) is 12.3 Å². The highest BCUT2D eigenvalue weighted by molar-refractivity contribution is 8.03. The minimum Gasteiger partial charge on any atom is -0.456 e. The van der Waals surface area contributed by atoms with Crippen LogP contribution in [-0.2, 0) is 32.3 Å². The van der Waals surface area contributed by atoms with Crippen molar-refractivity contribution in [3.63, 3.8) is 0 Å². The van der Waals surface area contributed by atoms with Crippen LogP contribution >= 0.6 is 11.8 Å². The molecule has 7 nitrogen and oxygen atoms in total. The lowest BCUT2D eigenvalue weighted by Crippen LogP contribution is -2.52. The highest BCUT2D eigenvalue weighted by Gasteiger charge is 2.51. The smallest absolute Gasteiger partial charge is 0.407 e. The second kappa shape index (κ2) is 11.1. The predicted molar refractivity (Wildman–Crippen MR) is 129 cm³/mol. The number of rotatable bonds is 9. The summed E-state index contributed by atoms with van der Waals surface area (Å²) in [6.45, 7) is 2.53. The summed E-state index contributed by atoms with van der Waals surface area (Å²) in [5.41, 5.74) is 2.82. The predicted octanol–water partition coefficient (Wildman–Crippen LogP) is 4.16. The Morgan fingerprint density at radius 2 is 1.65 bits per heavy atom. The van der Waals surface area contributed by atoms with E-state index >= 15 is 0 Å². The number of esters is 1. The number of allylic oxidation sites excluding steroid dienone is 1. The van der Waals surface area contributed by atoms with E-state index in [0.717, 1.165) is 16.0 Å². The maximum Gasteiger partial charge on any atom is 0.407 e. The van der Waals surface area contributed by atoms with Gasteiger partial charge in [-0.25, -0.2) is 9.59 Å². The number of fused-ring (bicyclic) bond motifs is 1. The third-order valence-corrected chi connectivity index (χ3v) is 6.71. The van der Waals surface area contributed by atoms with Crippen LogP contribution in [0.5, 0.6) is 0 Å². The van der Waals surface area contributed by atoms with Gasteiger partial charge in [0.25, 0.3) is 5.91 Å². The molecule has 0 aromatic heterocycles. The molecule has 1 N–H and O–H groups in total. The van der Waals surface area contributed by atoms with E-state index in [9.17, 15) is 14.4 Å². The van der Waals surface area contributed by atoms with E-state index in [-0.39, 0.29) is 25.2 Å². The van der Waals surface area contributed by atoms with Gasteiger partial charge < -0.3 is 14.8 Å². The zero-order valence-electron chi connectivity index (χ0n) is 18.9. The zero-order chi connectivity index (χ0) is 23.9. The minimum atomic E-state index is -0.507. The molecule has 8 heteroatoms. The van der Waals surface area contributed by atoms with Gasteiger partial charge in [-0.3, -0.25) is 9.69 Å². The fraction of sp³-hybridized carbons (Fsp3) is 0.269. The van der Waals surface area contributed by atoms with Gasteiger partial charge in [0.15, 0.2) is 0 Å². The third kappa shape index (κ3) is 5.34. The number of thioether (sulfide) groups is 1. The molecule has 0 aliphatic carbocycles. The SMILES string of the molecule is CC=C1C(=O)N2C(C(=O)OCc3ccccc3)=C(SCCNC(=O)OCc3ccccc3)CC12. The number of alkyl carbamates (subject to hydrolysis) is 1. The summed E-state index contributed by atoms with van der Waals surface area (Å²) in [6, 6.07) is 18.7. The van der Waals surface area contributed by atoms with Gasteiger partial charge in [0.2, 0.25) is 0 Å². The molecule has 1 saturated heterocycles. The van der Waals surface area contributed by atoms with Crippen molar-refractivity contribution >= 4 is 29.7 Å². The lowest BCUT2D eigenvalue weighted by atomic mass is 9.94. The first-order chi connectivity index (χ1) is 16.6. The Bertz CT molecular complexity index is 1110. The molecule has 1 fully saturated rings. The lowest BCUT2D eigenvalue weighted by Gasteiger charge is -2.38. The Morgan fingerprint density at radius 3 is 2.26 bits per heavy atom. The molecule has 2 aromatic carbocycles. The van der Waals surface area contributed by atoms with Gasteiger partial charge in [-0.1, -0.05) is 66.7 Å². The largest absolute Gasteiger partial charge is 0.456 e. The standard InChI is InChI=1S/C26H26N2O5S/c1-2-20-21-15-22(34-14-13-27-26(31)33-17-19-11-7-4-8-12-19)23(28(21)24(20)29)25(30)32-16-18-9-5-3-6-10-18/h2-12,21H,13-17H2,1H3,(H,27,31). The molecule has 0 bridgehead atoms. The van der Waals surface area contributed by atoms with E-state index in [0.29, 0.717) is 30.0 Å². The molecule has 1 unspecified atom stereocenters. The van der Waals surface area contributed by atoms with E-state index < -0.39 is 12.1 Å². The second-order valence-electron chi connectivity index (χ2n) is 7.81. The molecular weight excluding hydrogens is 452 g/mol. The number of carbonyl (C=O) groups is 3. The van der Waals surface area contributed by atoms with Crippen LogP contribution in [-0.4, -0.2) is 41.2 Å². The number of hydrogen-bond acceptors (Lipinski definition) is 6. The fourth-order valence-corrected chi connectivity index (χ4v) is 4.95. The van der Waals surface area contributed by atoms with Crippen LogP contribution in [0.3, 0.4) is 0 Å². The van der Waals surface area contributed by atoms with Gasteiger partial charge in [-0.15, -0.1) is 11.8 Å². The molecule has 176 valence electrons. The number of hydrogen-bond donors (Lipinski definition) is 1. The second-order valence-corrected chi connectivity index (χ2v) is 9.00. The van der Waals surface area contributed by atoms with Crippen molar-refractivity contribution < 1.29 is 23.9 Å². The van der Waals surface area contributed by atoms with Gasteiger partial charge in [0, 0.05) is 29.2 Å². The van der Waals surface area contributed by atoms with Crippen molar-refractivity contribution in [3.8, 4) is 0 Å². The zero-order valence-corrected chi connectivity index (χ0v) is 19.7. The Kier molecular flexibility index (Phi) is 7.69. The molecule has 1 atom stereocenters. The van der Waals surface area contributed by atoms with Crippen molar-refractivity contribution in [1.29, 1.82) is 0 Å². The van der Waals surface area contributed by atoms with E-state index in [2.05, 4.69) is 5.32 Å². The average Bonchev–Trinajstić information content (AvgIpc) is 3.20. The summed E-state index contributed by atoms with van der Waals surface area (Å²) in [4.78, 5) is 39.8. The molecule has 4 rings (SSSR count). The first kappa shape index (κ1) is 23.6. The van der Waals surface area contributed by atoms with Crippen molar-refractivity contribution in [2.45, 2.75) is 32.6 Å². The van der Waals surface area contributed by atoms with Crippen LogP contribution in [0.4, 0.5) is 4.79 Å². The average molecular weight is 479 g/mol. The van der Waals surface area contributed by atoms with Crippen LogP contribution in [0, 0.1) is 0 Å². The molecule has 34 heavy (non-hydrogen) atoms. The van der Waals surface area contributed by atoms with Crippen LogP contribution < -0.4 is 5.32 Å². The molecule has 2 heterocycles. The van der Waals surface area contributed by atoms with Crippen molar-refractivity contribution in [3.05, 3.63) is 94.0 Å². The summed E-state index contributed by atoms with van der Waals surface area (Å²) in [5, 5.41) is 2.72. The van der Waals surface area contributed by atoms with Gasteiger partial charge in [0.1, 0.15) is 18.9 Å². The summed E-state index contributed by atoms with van der Waals surface area (Å²) in [5.74, 6) is -0.129. The van der Waals surface area contributed by atoms with Gasteiger partial charge in [0.05, 0.1) is 6.04 Å². The summed E-state index contributed by atoms with van der Waals surface area (Å²) in [7, 11) is 0. The highest BCUT2D eigenvalue weighted by atomic mass is 32.2. The summed E-state index contributed by atoms with van der Waals surface area (Å²) < 4.78 is 10.7. The number of β-lactam (4-membered cyclic amide) rings is 1. The Hall–Kier alpha value is -3.52. The van der Waals surface area contributed by atoms with Gasteiger partial charge >= 0.3 is 12.1 Å². The van der Waals surface area contributed by atoms with E-state index in [4.69, 9.17) is 9.47 Å². The topological polar surface area (TPSA) is 84.9 Å². The molecule has 2 aliphatic heterocycles. The fourth-order valence-electron chi connectivity index (χ4n) is 3.91. The van der Waals surface area contributed by atoms with E-state index in [1.807, 2.05) is 67.6 Å². The first-order valence-corrected chi connectivity index (χ1v) is 12.1. The molecule has 0 spiro atoms. The van der Waals surface area contributed by atoms with Gasteiger partial charge in [-0.05, 0) is 18.1 Å². The van der Waals surface area contributed by atoms with Crippen molar-refractivity contribution in [1.82, 2.24) is 10.2 Å². The van der Waals surface area contributed by atoms with Crippen molar-refractivity contribution in [2.24, 2.45) is 0 Å². The first-order valence-electron chi connectivity index (χ1n) is 11.1. The highest BCUT2D eigenvalue weighted by Crippen LogP contribution is 2.45. The third-order valence-electron chi connectivity index (χ3n) is 5.60. The Labute approximate surface area is 202 Å². The lowest BCUT2D eigenvalue weighted by molar-refractivity contribution is -0.147. The summed E-state index contributed by atoms with van der Waals surface area (Å²) >= 11 is 1.45. The van der Waals surface area contributed by atoms with Gasteiger partial charge in [-0.2, -0.15) is 0 Å². The number of nitrogens with zero attached hydrogens (tertiary/aromatic N) is 1. The molecule has 0 saturated carbocycles. The number of amides is 2. The Morgan fingerprint density at radius 1 is 1.03 bits per heavy atom. The summed E-state index contributed by atoms with van der Waals surface area (Å²) in [6.07, 6.45) is 1.88. The van der Waals surface area contributed by atoms with E-state index in [1.165, 1.54) is 16.7 Å². The maximum absolute atomic E-state index is 12.9. The number of ether oxygens (including phenoxy) is 2. The van der Waals surface area contributed by atoms with Crippen LogP contribution in [0.2, 0.25) is 0 Å². The van der Waals surface area contributed by atoms with Crippen LogP contribution in [0.25, 0.3) is 0 Å². The minimum absolute atomic E-state index is 0.122. The quantitative estimate of drug-likeness (QED) is 0.252. The molecular formula is C26H26N2O5S. The van der Waals surface area contributed by atoms with E-state index in [1.54, 1.807) is 6.08 Å². The normalized spacial score (nSPS) is 17.9. The Balaban J connectivity index is 1.32. The van der Waals surface area contributed by atoms with Crippen LogP contribution in [0.1, 0.15) is 24.5 Å². The number of benzene rings is 2. The molecule has 2 aliphatic rings. The molecule has 2 amide bonds. The van der Waals surface area contributed by atoms with Crippen LogP contribution in [0.15, 0.2) is 82.9 Å². The molecule has 0 radical (unpaired) electrons. The maximum atomic E-state index is 12.9. The molecule has 2 aromatic rings. The number of carbonyl (C=O) groups excluding carboxylic acids is 3. The monoisotopic (exact) mass is 478 g/mol. The number of nitrogens with one attached hydrogen (secondary N) is 1.